The standard InChI is InChI=1S/C14H18FNO/c15-11-3-1-10-2-4-13(12(10)7-11)16-8-14(9-17)5-6-14/h1,3,7,13,16-17H,2,4-6,8-9H2. The summed E-state index contributed by atoms with van der Waals surface area (Å²) in [5.74, 6) is -0.152. The lowest BCUT2D eigenvalue weighted by atomic mass is 10.1. The molecule has 2 aliphatic rings. The second-order valence-corrected chi connectivity index (χ2v) is 5.47. The van der Waals surface area contributed by atoms with E-state index >= 15 is 0 Å². The van der Waals surface area contributed by atoms with E-state index in [1.54, 1.807) is 6.07 Å². The summed E-state index contributed by atoms with van der Waals surface area (Å²) in [5.41, 5.74) is 2.49. The lowest BCUT2D eigenvalue weighted by Gasteiger charge is -2.18. The Bertz CT molecular complexity index is 428. The molecular formula is C14H18FNO. The highest BCUT2D eigenvalue weighted by atomic mass is 19.1. The van der Waals surface area contributed by atoms with Gasteiger partial charge in [-0.2, -0.15) is 0 Å². The van der Waals surface area contributed by atoms with Crippen molar-refractivity contribution >= 4 is 0 Å². The van der Waals surface area contributed by atoms with Crippen molar-refractivity contribution < 1.29 is 9.50 Å². The molecule has 1 aromatic rings. The lowest BCUT2D eigenvalue weighted by molar-refractivity contribution is 0.204. The first kappa shape index (κ1) is 11.2. The largest absolute Gasteiger partial charge is 0.396 e. The first-order valence-corrected chi connectivity index (χ1v) is 6.35. The maximum absolute atomic E-state index is 13.2. The van der Waals surface area contributed by atoms with Gasteiger partial charge in [0.15, 0.2) is 0 Å². The van der Waals surface area contributed by atoms with Gasteiger partial charge in [0.1, 0.15) is 5.82 Å². The van der Waals surface area contributed by atoms with Gasteiger partial charge in [-0.15, -0.1) is 0 Å². The fourth-order valence-electron chi connectivity index (χ4n) is 2.69. The van der Waals surface area contributed by atoms with Gasteiger partial charge in [-0.05, 0) is 48.9 Å². The molecule has 92 valence electrons. The number of rotatable bonds is 4. The SMILES string of the molecule is OCC1(CNC2CCc3ccc(F)cc32)CC1. The Morgan fingerprint density at radius 2 is 2.24 bits per heavy atom. The van der Waals surface area contributed by atoms with Crippen LogP contribution < -0.4 is 5.32 Å². The zero-order valence-electron chi connectivity index (χ0n) is 9.88. The first-order chi connectivity index (χ1) is 8.22. The van der Waals surface area contributed by atoms with E-state index in [0.29, 0.717) is 0 Å². The summed E-state index contributed by atoms with van der Waals surface area (Å²) >= 11 is 0. The predicted octanol–water partition coefficient (Wildman–Crippen LogP) is 2.18. The molecule has 0 radical (unpaired) electrons. The Balaban J connectivity index is 1.69. The second kappa shape index (κ2) is 4.07. The van der Waals surface area contributed by atoms with Gasteiger partial charge in [-0.1, -0.05) is 6.07 Å². The maximum atomic E-state index is 13.2. The highest BCUT2D eigenvalue weighted by Gasteiger charge is 2.42. The normalized spacial score (nSPS) is 24.7. The number of aryl methyl sites for hydroxylation is 1. The molecule has 0 bridgehead atoms. The molecule has 1 saturated carbocycles. The monoisotopic (exact) mass is 235 g/mol. The molecule has 2 aliphatic carbocycles. The van der Waals surface area contributed by atoms with E-state index in [1.165, 1.54) is 11.6 Å². The Kier molecular flexibility index (Phi) is 2.68. The third-order valence-electron chi connectivity index (χ3n) is 4.20. The zero-order valence-corrected chi connectivity index (χ0v) is 9.88. The maximum Gasteiger partial charge on any atom is 0.123 e. The van der Waals surface area contributed by atoms with Crippen LogP contribution in [0.5, 0.6) is 0 Å². The fourth-order valence-corrected chi connectivity index (χ4v) is 2.69. The summed E-state index contributed by atoms with van der Waals surface area (Å²) < 4.78 is 13.2. The molecule has 1 unspecified atom stereocenters. The summed E-state index contributed by atoms with van der Waals surface area (Å²) in [4.78, 5) is 0. The van der Waals surface area contributed by atoms with Gasteiger partial charge in [-0.25, -0.2) is 4.39 Å². The first-order valence-electron chi connectivity index (χ1n) is 6.35. The van der Waals surface area contributed by atoms with Crippen LogP contribution in [0.4, 0.5) is 4.39 Å². The van der Waals surface area contributed by atoms with E-state index in [-0.39, 0.29) is 23.9 Å². The van der Waals surface area contributed by atoms with Crippen LogP contribution in [0.15, 0.2) is 18.2 Å². The summed E-state index contributed by atoms with van der Waals surface area (Å²) in [6.07, 6.45) is 4.29. The van der Waals surface area contributed by atoms with Gasteiger partial charge in [0.2, 0.25) is 0 Å². The van der Waals surface area contributed by atoms with Gasteiger partial charge in [0, 0.05) is 24.6 Å². The van der Waals surface area contributed by atoms with Crippen molar-refractivity contribution in [1.82, 2.24) is 5.32 Å². The van der Waals surface area contributed by atoms with Gasteiger partial charge in [-0.3, -0.25) is 0 Å². The average molecular weight is 235 g/mol. The minimum absolute atomic E-state index is 0.121. The minimum Gasteiger partial charge on any atom is -0.396 e. The molecule has 0 amide bonds. The van der Waals surface area contributed by atoms with Crippen LogP contribution in [0.25, 0.3) is 0 Å². The number of benzene rings is 1. The fraction of sp³-hybridized carbons (Fsp3) is 0.571. The smallest absolute Gasteiger partial charge is 0.123 e. The van der Waals surface area contributed by atoms with Crippen LogP contribution in [0, 0.1) is 11.2 Å². The third kappa shape index (κ3) is 2.09. The lowest BCUT2D eigenvalue weighted by Crippen LogP contribution is -2.29. The molecule has 2 N–H and O–H groups in total. The van der Waals surface area contributed by atoms with Crippen molar-refractivity contribution in [2.45, 2.75) is 31.7 Å². The Labute approximate surface area is 101 Å². The van der Waals surface area contributed by atoms with E-state index in [1.807, 2.05) is 6.07 Å². The molecule has 0 aliphatic heterocycles. The Morgan fingerprint density at radius 1 is 1.41 bits per heavy atom. The predicted molar refractivity (Wildman–Crippen MR) is 64.2 cm³/mol. The molecule has 0 saturated heterocycles. The highest BCUT2D eigenvalue weighted by Crippen LogP contribution is 2.45. The molecule has 1 fully saturated rings. The molecular weight excluding hydrogens is 217 g/mol. The molecule has 2 nitrogen and oxygen atoms in total. The van der Waals surface area contributed by atoms with Crippen molar-refractivity contribution in [2.75, 3.05) is 13.2 Å². The van der Waals surface area contributed by atoms with Crippen molar-refractivity contribution in [2.24, 2.45) is 5.41 Å². The van der Waals surface area contributed by atoms with Crippen molar-refractivity contribution in [3.05, 3.63) is 35.1 Å². The molecule has 17 heavy (non-hydrogen) atoms. The van der Waals surface area contributed by atoms with E-state index in [4.69, 9.17) is 0 Å². The number of aliphatic hydroxyl groups is 1. The second-order valence-electron chi connectivity index (χ2n) is 5.47. The molecule has 0 heterocycles. The molecule has 1 atom stereocenters. The summed E-state index contributed by atoms with van der Waals surface area (Å²) in [5, 5.41) is 12.8. The Morgan fingerprint density at radius 3 is 2.94 bits per heavy atom. The summed E-state index contributed by atoms with van der Waals surface area (Å²) in [7, 11) is 0. The number of halogens is 1. The van der Waals surface area contributed by atoms with Crippen LogP contribution in [0.2, 0.25) is 0 Å². The van der Waals surface area contributed by atoms with Crippen molar-refractivity contribution in [3.8, 4) is 0 Å². The number of hydrogen-bond acceptors (Lipinski definition) is 2. The van der Waals surface area contributed by atoms with Crippen molar-refractivity contribution in [3.63, 3.8) is 0 Å². The topological polar surface area (TPSA) is 32.3 Å². The average Bonchev–Trinajstić information content (AvgIpc) is 3.02. The van der Waals surface area contributed by atoms with Crippen LogP contribution in [-0.4, -0.2) is 18.3 Å². The molecule has 3 rings (SSSR count). The number of fused-ring (bicyclic) bond motifs is 1. The van der Waals surface area contributed by atoms with Gasteiger partial charge in [0.05, 0.1) is 0 Å². The third-order valence-corrected chi connectivity index (χ3v) is 4.20. The molecule has 0 aromatic heterocycles. The highest BCUT2D eigenvalue weighted by molar-refractivity contribution is 5.35. The molecule has 3 heteroatoms. The summed E-state index contributed by atoms with van der Waals surface area (Å²) in [6.45, 7) is 1.12. The van der Waals surface area contributed by atoms with Gasteiger partial charge >= 0.3 is 0 Å². The van der Waals surface area contributed by atoms with Crippen LogP contribution in [0.1, 0.15) is 36.4 Å². The number of aliphatic hydroxyl groups excluding tert-OH is 1. The minimum atomic E-state index is -0.152. The van der Waals surface area contributed by atoms with Crippen LogP contribution >= 0.6 is 0 Å². The number of nitrogens with one attached hydrogen (secondary N) is 1. The van der Waals surface area contributed by atoms with Crippen LogP contribution in [0.3, 0.4) is 0 Å². The Hall–Kier alpha value is -0.930. The van der Waals surface area contributed by atoms with E-state index in [9.17, 15) is 9.50 Å². The van der Waals surface area contributed by atoms with E-state index in [2.05, 4.69) is 5.32 Å². The molecule has 1 aromatic carbocycles. The van der Waals surface area contributed by atoms with Crippen LogP contribution in [-0.2, 0) is 6.42 Å². The van der Waals surface area contributed by atoms with E-state index in [0.717, 1.165) is 37.8 Å². The van der Waals surface area contributed by atoms with Crippen molar-refractivity contribution in [1.29, 1.82) is 0 Å². The van der Waals surface area contributed by atoms with E-state index < -0.39 is 0 Å². The van der Waals surface area contributed by atoms with Gasteiger partial charge < -0.3 is 10.4 Å². The molecule has 0 spiro atoms. The zero-order chi connectivity index (χ0) is 11.9. The van der Waals surface area contributed by atoms with Gasteiger partial charge in [0.25, 0.3) is 0 Å². The summed E-state index contributed by atoms with van der Waals surface area (Å²) in [6, 6.07) is 5.35. The quantitative estimate of drug-likeness (QED) is 0.838. The number of hydrogen-bond donors (Lipinski definition) is 2.